The second kappa shape index (κ2) is 5.85. The van der Waals surface area contributed by atoms with Crippen LogP contribution in [0.5, 0.6) is 11.5 Å². The van der Waals surface area contributed by atoms with Crippen molar-refractivity contribution in [1.29, 1.82) is 0 Å². The van der Waals surface area contributed by atoms with E-state index in [4.69, 9.17) is 15.2 Å². The number of nitrogens with two attached hydrogens (primary N) is 1. The molecule has 0 radical (unpaired) electrons. The first-order valence-corrected chi connectivity index (χ1v) is 7.91. The highest BCUT2D eigenvalue weighted by Gasteiger charge is 2.45. The molecule has 1 aromatic carbocycles. The normalized spacial score (nSPS) is 24.6. The van der Waals surface area contributed by atoms with Crippen molar-refractivity contribution in [2.24, 2.45) is 5.73 Å². The zero-order valence-electron chi connectivity index (χ0n) is 13.1. The Kier molecular flexibility index (Phi) is 4.09. The zero-order valence-corrected chi connectivity index (χ0v) is 13.1. The summed E-state index contributed by atoms with van der Waals surface area (Å²) in [7, 11) is 3.86. The fourth-order valence-corrected chi connectivity index (χ4v) is 3.33. The topological polar surface area (TPSA) is 47.7 Å². The number of para-hydroxylation sites is 1. The molecule has 1 saturated carbocycles. The molecule has 0 spiro atoms. The Balaban J connectivity index is 1.88. The van der Waals surface area contributed by atoms with Crippen LogP contribution in [0.15, 0.2) is 18.2 Å². The highest BCUT2D eigenvalue weighted by Crippen LogP contribution is 2.52. The second-order valence-electron chi connectivity index (χ2n) is 6.47. The molecular formula is C17H26N2O2. The zero-order chi connectivity index (χ0) is 14.9. The van der Waals surface area contributed by atoms with Crippen molar-refractivity contribution < 1.29 is 9.47 Å². The Bertz CT molecular complexity index is 500. The van der Waals surface area contributed by atoms with Crippen LogP contribution in [0.25, 0.3) is 0 Å². The second-order valence-corrected chi connectivity index (χ2v) is 6.47. The maximum Gasteiger partial charge on any atom is 0.165 e. The molecule has 21 heavy (non-hydrogen) atoms. The molecule has 0 aromatic heterocycles. The first-order valence-electron chi connectivity index (χ1n) is 7.91. The molecule has 1 saturated heterocycles. The van der Waals surface area contributed by atoms with Crippen molar-refractivity contribution in [2.75, 3.05) is 33.8 Å². The molecule has 4 heteroatoms. The summed E-state index contributed by atoms with van der Waals surface area (Å²) in [4.78, 5) is 2.33. The predicted molar refractivity (Wildman–Crippen MR) is 84.1 cm³/mol. The first kappa shape index (κ1) is 14.7. The third-order valence-corrected chi connectivity index (χ3v) is 4.88. The number of likely N-dealkylation sites (N-methyl/N-ethyl adjacent to an activating group) is 1. The molecule has 2 N–H and O–H groups in total. The standard InChI is InChI=1S/C17H26N2O2/c1-19-10-4-5-13(11-19)21-16-14(17(12-18)8-9-17)6-3-7-15(16)20-2/h3,6-7,13H,4-5,8-12,18H2,1-2H3. The molecular weight excluding hydrogens is 264 g/mol. The summed E-state index contributed by atoms with van der Waals surface area (Å²) in [6.45, 7) is 2.82. The minimum absolute atomic E-state index is 0.116. The van der Waals surface area contributed by atoms with E-state index in [-0.39, 0.29) is 11.5 Å². The number of methoxy groups -OCH3 is 1. The number of rotatable bonds is 5. The SMILES string of the molecule is COc1cccc(C2(CN)CC2)c1OC1CCCN(C)C1. The lowest BCUT2D eigenvalue weighted by Gasteiger charge is -2.31. The summed E-state index contributed by atoms with van der Waals surface area (Å²) < 4.78 is 11.9. The molecule has 1 heterocycles. The molecule has 2 fully saturated rings. The Hall–Kier alpha value is -1.26. The smallest absolute Gasteiger partial charge is 0.165 e. The van der Waals surface area contributed by atoms with Crippen LogP contribution in [-0.4, -0.2) is 44.8 Å². The van der Waals surface area contributed by atoms with Crippen molar-refractivity contribution in [3.05, 3.63) is 23.8 Å². The number of hydrogen-bond acceptors (Lipinski definition) is 4. The van der Waals surface area contributed by atoms with E-state index in [1.54, 1.807) is 7.11 Å². The van der Waals surface area contributed by atoms with E-state index in [9.17, 15) is 0 Å². The number of likely N-dealkylation sites (tertiary alicyclic amines) is 1. The number of benzene rings is 1. The molecule has 1 aliphatic heterocycles. The minimum atomic E-state index is 0.116. The van der Waals surface area contributed by atoms with E-state index in [1.807, 2.05) is 12.1 Å². The highest BCUT2D eigenvalue weighted by molar-refractivity contribution is 5.52. The summed E-state index contributed by atoms with van der Waals surface area (Å²) in [5.41, 5.74) is 7.36. The lowest BCUT2D eigenvalue weighted by atomic mass is 9.94. The fourth-order valence-electron chi connectivity index (χ4n) is 3.33. The molecule has 2 aliphatic rings. The average molecular weight is 290 g/mol. The van der Waals surface area contributed by atoms with Crippen LogP contribution in [0, 0.1) is 0 Å². The van der Waals surface area contributed by atoms with Crippen molar-refractivity contribution >= 4 is 0 Å². The van der Waals surface area contributed by atoms with Crippen LogP contribution in [0.1, 0.15) is 31.2 Å². The Morgan fingerprint density at radius 3 is 2.81 bits per heavy atom. The summed E-state index contributed by atoms with van der Waals surface area (Å²) in [5.74, 6) is 1.75. The monoisotopic (exact) mass is 290 g/mol. The number of ether oxygens (including phenoxy) is 2. The molecule has 1 unspecified atom stereocenters. The van der Waals surface area contributed by atoms with Gasteiger partial charge in [0.1, 0.15) is 6.10 Å². The molecule has 0 bridgehead atoms. The van der Waals surface area contributed by atoms with Gasteiger partial charge in [0, 0.05) is 24.1 Å². The maximum atomic E-state index is 6.38. The van der Waals surface area contributed by atoms with Gasteiger partial charge in [0.15, 0.2) is 11.5 Å². The third kappa shape index (κ3) is 2.87. The van der Waals surface area contributed by atoms with E-state index >= 15 is 0 Å². The van der Waals surface area contributed by atoms with Crippen molar-refractivity contribution in [3.63, 3.8) is 0 Å². The Morgan fingerprint density at radius 2 is 2.19 bits per heavy atom. The van der Waals surface area contributed by atoms with E-state index in [2.05, 4.69) is 18.0 Å². The molecule has 0 amide bonds. The van der Waals surface area contributed by atoms with E-state index in [1.165, 1.54) is 12.0 Å². The summed E-state index contributed by atoms with van der Waals surface area (Å²) in [6, 6.07) is 6.19. The molecule has 116 valence electrons. The first-order chi connectivity index (χ1) is 10.2. The van der Waals surface area contributed by atoms with Crippen molar-refractivity contribution in [1.82, 2.24) is 4.90 Å². The van der Waals surface area contributed by atoms with Gasteiger partial charge in [-0.05, 0) is 45.3 Å². The van der Waals surface area contributed by atoms with Gasteiger partial charge >= 0.3 is 0 Å². The lowest BCUT2D eigenvalue weighted by Crippen LogP contribution is -2.39. The maximum absolute atomic E-state index is 6.38. The predicted octanol–water partition coefficient (Wildman–Crippen LogP) is 2.16. The van der Waals surface area contributed by atoms with E-state index in [0.29, 0.717) is 6.54 Å². The van der Waals surface area contributed by atoms with Gasteiger partial charge in [-0.15, -0.1) is 0 Å². The summed E-state index contributed by atoms with van der Waals surface area (Å²) in [6.07, 6.45) is 4.84. The van der Waals surface area contributed by atoms with Gasteiger partial charge in [-0.25, -0.2) is 0 Å². The van der Waals surface area contributed by atoms with Crippen molar-refractivity contribution in [2.45, 2.75) is 37.2 Å². The quantitative estimate of drug-likeness (QED) is 0.903. The van der Waals surface area contributed by atoms with Crippen LogP contribution in [0.2, 0.25) is 0 Å². The largest absolute Gasteiger partial charge is 0.493 e. The van der Waals surface area contributed by atoms with Crippen molar-refractivity contribution in [3.8, 4) is 11.5 Å². The van der Waals surface area contributed by atoms with Crippen LogP contribution in [0.3, 0.4) is 0 Å². The van der Waals surface area contributed by atoms with Gasteiger partial charge in [0.25, 0.3) is 0 Å². The lowest BCUT2D eigenvalue weighted by molar-refractivity contribution is 0.0997. The molecule has 3 rings (SSSR count). The van der Waals surface area contributed by atoms with Gasteiger partial charge in [-0.3, -0.25) is 0 Å². The van der Waals surface area contributed by atoms with Gasteiger partial charge in [0.2, 0.25) is 0 Å². The van der Waals surface area contributed by atoms with E-state index in [0.717, 1.165) is 43.9 Å². The molecule has 4 nitrogen and oxygen atoms in total. The van der Waals surface area contributed by atoms with Gasteiger partial charge in [-0.2, -0.15) is 0 Å². The van der Waals surface area contributed by atoms with Crippen LogP contribution < -0.4 is 15.2 Å². The number of piperidine rings is 1. The fraction of sp³-hybridized carbons (Fsp3) is 0.647. The van der Waals surface area contributed by atoms with Gasteiger partial charge in [0.05, 0.1) is 7.11 Å². The van der Waals surface area contributed by atoms with Crippen LogP contribution in [-0.2, 0) is 5.41 Å². The molecule has 1 aliphatic carbocycles. The van der Waals surface area contributed by atoms with Gasteiger partial charge in [-0.1, -0.05) is 12.1 Å². The number of nitrogens with zero attached hydrogens (tertiary/aromatic N) is 1. The Labute approximate surface area is 127 Å². The van der Waals surface area contributed by atoms with Crippen LogP contribution >= 0.6 is 0 Å². The van der Waals surface area contributed by atoms with Gasteiger partial charge < -0.3 is 20.1 Å². The van der Waals surface area contributed by atoms with Crippen LogP contribution in [0.4, 0.5) is 0 Å². The minimum Gasteiger partial charge on any atom is -0.493 e. The van der Waals surface area contributed by atoms with E-state index < -0.39 is 0 Å². The molecule has 1 aromatic rings. The third-order valence-electron chi connectivity index (χ3n) is 4.88. The highest BCUT2D eigenvalue weighted by atomic mass is 16.5. The Morgan fingerprint density at radius 1 is 1.38 bits per heavy atom. The average Bonchev–Trinajstić information content (AvgIpc) is 3.28. The summed E-state index contributed by atoms with van der Waals surface area (Å²) in [5, 5.41) is 0. The summed E-state index contributed by atoms with van der Waals surface area (Å²) >= 11 is 0. The molecule has 1 atom stereocenters. The number of hydrogen-bond donors (Lipinski definition) is 1.